The summed E-state index contributed by atoms with van der Waals surface area (Å²) in [5.41, 5.74) is 0.713. The molecule has 3 heteroatoms. The molecule has 56 valence electrons. The number of hydrogen-bond acceptors (Lipinski definition) is 3. The van der Waals surface area contributed by atoms with Crippen LogP contribution in [0, 0.1) is 0 Å². The van der Waals surface area contributed by atoms with Crippen LogP contribution in [0.1, 0.15) is 6.42 Å². The van der Waals surface area contributed by atoms with Crippen molar-refractivity contribution in [3.8, 4) is 0 Å². The van der Waals surface area contributed by atoms with E-state index in [1.54, 1.807) is 6.08 Å². The van der Waals surface area contributed by atoms with E-state index in [0.29, 0.717) is 18.5 Å². The molecule has 0 aromatic carbocycles. The average Bonchev–Trinajstić information content (AvgIpc) is 2.03. The van der Waals surface area contributed by atoms with E-state index >= 15 is 0 Å². The van der Waals surface area contributed by atoms with Gasteiger partial charge in [0.05, 0.1) is 11.7 Å². The van der Waals surface area contributed by atoms with Crippen molar-refractivity contribution in [1.29, 1.82) is 0 Å². The minimum Gasteiger partial charge on any atom is -0.294 e. The SMILES string of the molecule is O=C1CC=CC=C1CN=C=S. The van der Waals surface area contributed by atoms with Crippen LogP contribution < -0.4 is 0 Å². The van der Waals surface area contributed by atoms with Gasteiger partial charge >= 0.3 is 0 Å². The second-order valence-electron chi connectivity index (χ2n) is 2.15. The summed E-state index contributed by atoms with van der Waals surface area (Å²) < 4.78 is 0. The van der Waals surface area contributed by atoms with Crippen molar-refractivity contribution < 1.29 is 4.79 Å². The van der Waals surface area contributed by atoms with E-state index in [-0.39, 0.29) is 5.78 Å². The Labute approximate surface area is 70.3 Å². The fourth-order valence-corrected chi connectivity index (χ4v) is 0.906. The number of nitrogens with zero attached hydrogens (tertiary/aromatic N) is 1. The van der Waals surface area contributed by atoms with Crippen LogP contribution in [0.25, 0.3) is 0 Å². The Morgan fingerprint density at radius 1 is 1.73 bits per heavy atom. The quantitative estimate of drug-likeness (QED) is 0.459. The highest BCUT2D eigenvalue weighted by Gasteiger charge is 2.08. The van der Waals surface area contributed by atoms with Gasteiger partial charge in [0, 0.05) is 12.0 Å². The molecule has 0 atom stereocenters. The second-order valence-corrected chi connectivity index (χ2v) is 2.34. The van der Waals surface area contributed by atoms with Crippen molar-refractivity contribution in [2.45, 2.75) is 6.42 Å². The van der Waals surface area contributed by atoms with Gasteiger partial charge in [-0.1, -0.05) is 18.2 Å². The highest BCUT2D eigenvalue weighted by atomic mass is 32.1. The van der Waals surface area contributed by atoms with Gasteiger partial charge in [-0.25, -0.2) is 4.99 Å². The highest BCUT2D eigenvalue weighted by Crippen LogP contribution is 2.07. The fourth-order valence-electron chi connectivity index (χ4n) is 0.842. The van der Waals surface area contributed by atoms with Gasteiger partial charge in [-0.15, -0.1) is 0 Å². The zero-order valence-corrected chi connectivity index (χ0v) is 6.73. The molecule has 0 aliphatic heterocycles. The molecule has 0 saturated carbocycles. The molecule has 0 bridgehead atoms. The lowest BCUT2D eigenvalue weighted by Gasteiger charge is -2.02. The Balaban J connectivity index is 2.68. The molecule has 0 fully saturated rings. The number of isothiocyanates is 1. The summed E-state index contributed by atoms with van der Waals surface area (Å²) in [6.07, 6.45) is 5.93. The number of allylic oxidation sites excluding steroid dienone is 3. The predicted octanol–water partition coefficient (Wildman–Crippen LogP) is 1.54. The van der Waals surface area contributed by atoms with Crippen molar-refractivity contribution >= 4 is 23.2 Å². The standard InChI is InChI=1S/C8H7NOS/c10-8-4-2-1-3-7(8)5-9-6-11/h1-3H,4-5H2. The van der Waals surface area contributed by atoms with Gasteiger partial charge in [0.1, 0.15) is 0 Å². The Kier molecular flexibility index (Phi) is 2.90. The molecule has 0 radical (unpaired) electrons. The zero-order chi connectivity index (χ0) is 8.10. The first-order valence-corrected chi connectivity index (χ1v) is 3.68. The van der Waals surface area contributed by atoms with E-state index in [9.17, 15) is 4.79 Å². The maximum Gasteiger partial charge on any atom is 0.164 e. The van der Waals surface area contributed by atoms with Crippen LogP contribution in [0.15, 0.2) is 28.8 Å². The van der Waals surface area contributed by atoms with Crippen molar-refractivity contribution in [2.24, 2.45) is 4.99 Å². The molecular formula is C8H7NOS. The normalized spacial score (nSPS) is 15.6. The van der Waals surface area contributed by atoms with E-state index in [1.165, 1.54) is 0 Å². The summed E-state index contributed by atoms with van der Waals surface area (Å²) >= 11 is 4.39. The van der Waals surface area contributed by atoms with Crippen LogP contribution in [-0.4, -0.2) is 17.5 Å². The third-order valence-electron chi connectivity index (χ3n) is 1.41. The maximum atomic E-state index is 11.1. The Hall–Kier alpha value is -1.05. The third kappa shape index (κ3) is 2.22. The summed E-state index contributed by atoms with van der Waals surface area (Å²) in [7, 11) is 0. The second kappa shape index (κ2) is 3.96. The smallest absolute Gasteiger partial charge is 0.164 e. The molecule has 0 aromatic heterocycles. The Morgan fingerprint density at radius 3 is 3.18 bits per heavy atom. The van der Waals surface area contributed by atoms with E-state index < -0.39 is 0 Å². The van der Waals surface area contributed by atoms with Gasteiger partial charge in [-0.2, -0.15) is 0 Å². The number of aliphatic imine (C=N–C) groups is 1. The van der Waals surface area contributed by atoms with Gasteiger partial charge < -0.3 is 0 Å². The molecule has 0 saturated heterocycles. The number of Topliss-reactive ketones (excluding diaryl/α,β-unsaturated/α-hetero) is 1. The van der Waals surface area contributed by atoms with Crippen LogP contribution in [0.5, 0.6) is 0 Å². The van der Waals surface area contributed by atoms with Crippen LogP contribution in [-0.2, 0) is 4.79 Å². The number of thiocarbonyl (C=S) groups is 1. The van der Waals surface area contributed by atoms with Gasteiger partial charge in [0.25, 0.3) is 0 Å². The van der Waals surface area contributed by atoms with Gasteiger partial charge in [-0.05, 0) is 12.2 Å². The fraction of sp³-hybridized carbons (Fsp3) is 0.250. The van der Waals surface area contributed by atoms with Crippen LogP contribution in [0.3, 0.4) is 0 Å². The minimum atomic E-state index is 0.126. The summed E-state index contributed by atoms with van der Waals surface area (Å²) in [5, 5.41) is 2.23. The molecule has 1 rings (SSSR count). The molecule has 0 heterocycles. The van der Waals surface area contributed by atoms with Gasteiger partial charge in [-0.3, -0.25) is 4.79 Å². The summed E-state index contributed by atoms with van der Waals surface area (Å²) in [5.74, 6) is 0.126. The average molecular weight is 165 g/mol. The van der Waals surface area contributed by atoms with Crippen LogP contribution in [0.2, 0.25) is 0 Å². The first-order valence-electron chi connectivity index (χ1n) is 3.27. The molecular weight excluding hydrogens is 158 g/mol. The molecule has 0 unspecified atom stereocenters. The van der Waals surface area contributed by atoms with E-state index in [1.807, 2.05) is 12.2 Å². The summed E-state index contributed by atoms with van der Waals surface area (Å²) in [4.78, 5) is 14.7. The molecule has 0 aromatic rings. The molecule has 2 nitrogen and oxygen atoms in total. The van der Waals surface area contributed by atoms with E-state index in [0.717, 1.165) is 0 Å². The summed E-state index contributed by atoms with van der Waals surface area (Å²) in [6, 6.07) is 0. The molecule has 11 heavy (non-hydrogen) atoms. The molecule has 0 N–H and O–H groups in total. The molecule has 0 amide bonds. The monoisotopic (exact) mass is 165 g/mol. The van der Waals surface area contributed by atoms with Crippen molar-refractivity contribution in [3.63, 3.8) is 0 Å². The van der Waals surface area contributed by atoms with Crippen molar-refractivity contribution in [3.05, 3.63) is 23.8 Å². The van der Waals surface area contributed by atoms with Gasteiger partial charge in [0.2, 0.25) is 0 Å². The molecule has 1 aliphatic carbocycles. The number of hydrogen-bond donors (Lipinski definition) is 0. The number of carbonyl (C=O) groups is 1. The summed E-state index contributed by atoms with van der Waals surface area (Å²) in [6.45, 7) is 0.368. The van der Waals surface area contributed by atoms with Gasteiger partial charge in [0.15, 0.2) is 5.78 Å². The number of ketones is 1. The molecule has 1 aliphatic rings. The Morgan fingerprint density at radius 2 is 2.55 bits per heavy atom. The van der Waals surface area contributed by atoms with E-state index in [2.05, 4.69) is 22.4 Å². The maximum absolute atomic E-state index is 11.1. The zero-order valence-electron chi connectivity index (χ0n) is 5.91. The topological polar surface area (TPSA) is 29.4 Å². The first-order chi connectivity index (χ1) is 5.34. The predicted molar refractivity (Wildman–Crippen MR) is 46.7 cm³/mol. The first kappa shape index (κ1) is 8.05. The highest BCUT2D eigenvalue weighted by molar-refractivity contribution is 7.78. The lowest BCUT2D eigenvalue weighted by molar-refractivity contribution is -0.114. The number of carbonyl (C=O) groups excluding carboxylic acids is 1. The van der Waals surface area contributed by atoms with Crippen LogP contribution >= 0.6 is 12.2 Å². The lowest BCUT2D eigenvalue weighted by Crippen LogP contribution is -2.06. The largest absolute Gasteiger partial charge is 0.294 e. The minimum absolute atomic E-state index is 0.126. The lowest BCUT2D eigenvalue weighted by atomic mass is 10.0. The molecule has 0 spiro atoms. The third-order valence-corrected chi connectivity index (χ3v) is 1.54. The van der Waals surface area contributed by atoms with Crippen molar-refractivity contribution in [2.75, 3.05) is 6.54 Å². The van der Waals surface area contributed by atoms with Crippen molar-refractivity contribution in [1.82, 2.24) is 0 Å². The number of rotatable bonds is 2. The van der Waals surface area contributed by atoms with E-state index in [4.69, 9.17) is 0 Å². The van der Waals surface area contributed by atoms with Crippen LogP contribution in [0.4, 0.5) is 0 Å². The Bertz CT molecular complexity index is 272.